The number of nitrogens with zero attached hydrogens (tertiary/aromatic N) is 1. The second-order valence-electron chi connectivity index (χ2n) is 3.66. The van der Waals surface area contributed by atoms with Crippen LogP contribution < -0.4 is 5.32 Å². The Hall–Kier alpha value is -0.0800. The summed E-state index contributed by atoms with van der Waals surface area (Å²) < 4.78 is 0. The molecule has 0 radical (unpaired) electrons. The maximum Gasteiger partial charge on any atom is 0.0224 e. The third-order valence-electron chi connectivity index (χ3n) is 2.88. The highest BCUT2D eigenvalue weighted by atomic mass is 15.1. The van der Waals surface area contributed by atoms with Crippen molar-refractivity contribution in [3.63, 3.8) is 0 Å². The Labute approximate surface area is 62.6 Å². The van der Waals surface area contributed by atoms with Crippen molar-refractivity contribution in [2.45, 2.75) is 18.9 Å². The first kappa shape index (κ1) is 6.62. The zero-order chi connectivity index (χ0) is 6.97. The van der Waals surface area contributed by atoms with E-state index in [1.807, 2.05) is 0 Å². The van der Waals surface area contributed by atoms with Crippen LogP contribution in [0.2, 0.25) is 0 Å². The lowest BCUT2D eigenvalue weighted by atomic mass is 9.93. The molecule has 2 heteroatoms. The van der Waals surface area contributed by atoms with Crippen molar-refractivity contribution in [2.24, 2.45) is 5.92 Å². The molecule has 1 N–H and O–H groups in total. The van der Waals surface area contributed by atoms with Gasteiger partial charge in [-0.05, 0) is 38.9 Å². The molecule has 58 valence electrons. The Morgan fingerprint density at radius 1 is 1.40 bits per heavy atom. The Morgan fingerprint density at radius 3 is 3.20 bits per heavy atom. The average Bonchev–Trinajstić information content (AvgIpc) is 2.33. The van der Waals surface area contributed by atoms with E-state index in [4.69, 9.17) is 0 Å². The van der Waals surface area contributed by atoms with Gasteiger partial charge in [0.25, 0.3) is 0 Å². The first-order valence-corrected chi connectivity index (χ1v) is 4.28. The van der Waals surface area contributed by atoms with E-state index in [2.05, 4.69) is 17.3 Å². The highest BCUT2D eigenvalue weighted by molar-refractivity contribution is 4.89. The molecule has 0 spiro atoms. The van der Waals surface area contributed by atoms with E-state index in [9.17, 15) is 0 Å². The molecule has 2 saturated heterocycles. The number of rotatable bonds is 0. The summed E-state index contributed by atoms with van der Waals surface area (Å²) >= 11 is 0. The van der Waals surface area contributed by atoms with Gasteiger partial charge in [0.05, 0.1) is 0 Å². The van der Waals surface area contributed by atoms with Gasteiger partial charge in [-0.25, -0.2) is 0 Å². The first-order chi connectivity index (χ1) is 4.86. The van der Waals surface area contributed by atoms with Crippen LogP contribution in [0.3, 0.4) is 0 Å². The fourth-order valence-electron chi connectivity index (χ4n) is 2.19. The molecule has 0 amide bonds. The molecule has 0 saturated carbocycles. The van der Waals surface area contributed by atoms with Gasteiger partial charge >= 0.3 is 0 Å². The molecular formula is C8H16N2. The second-order valence-corrected chi connectivity index (χ2v) is 3.66. The lowest BCUT2D eigenvalue weighted by molar-refractivity contribution is 0.198. The number of piperidine rings is 1. The van der Waals surface area contributed by atoms with Gasteiger partial charge in [0.2, 0.25) is 0 Å². The standard InChI is InChI=1S/C8H16N2/c1-10-5-3-7-2-4-9-8(7)6-10/h7-9H,2-6H2,1H3/t7?,8-/m1/s1. The topological polar surface area (TPSA) is 15.3 Å². The second kappa shape index (κ2) is 2.51. The van der Waals surface area contributed by atoms with Crippen molar-refractivity contribution in [3.8, 4) is 0 Å². The van der Waals surface area contributed by atoms with Crippen LogP contribution in [0.15, 0.2) is 0 Å². The van der Waals surface area contributed by atoms with Crippen LogP contribution in [0, 0.1) is 5.92 Å². The van der Waals surface area contributed by atoms with Crippen LogP contribution in [0.1, 0.15) is 12.8 Å². The monoisotopic (exact) mass is 140 g/mol. The molecule has 2 nitrogen and oxygen atoms in total. The molecule has 0 aromatic carbocycles. The van der Waals surface area contributed by atoms with Gasteiger partial charge in [-0.15, -0.1) is 0 Å². The van der Waals surface area contributed by atoms with Crippen LogP contribution in [0.25, 0.3) is 0 Å². The van der Waals surface area contributed by atoms with Crippen LogP contribution in [0.4, 0.5) is 0 Å². The predicted molar refractivity (Wildman–Crippen MR) is 42.0 cm³/mol. The van der Waals surface area contributed by atoms with Crippen molar-refractivity contribution in [2.75, 3.05) is 26.7 Å². The summed E-state index contributed by atoms with van der Waals surface area (Å²) in [6.45, 7) is 3.83. The zero-order valence-electron chi connectivity index (χ0n) is 6.64. The first-order valence-electron chi connectivity index (χ1n) is 4.28. The zero-order valence-corrected chi connectivity index (χ0v) is 6.64. The molecule has 10 heavy (non-hydrogen) atoms. The van der Waals surface area contributed by atoms with Crippen LogP contribution in [0.5, 0.6) is 0 Å². The molecule has 0 aromatic rings. The van der Waals surface area contributed by atoms with Gasteiger partial charge in [0.15, 0.2) is 0 Å². The molecule has 0 aromatic heterocycles. The number of hydrogen-bond donors (Lipinski definition) is 1. The molecule has 0 aliphatic carbocycles. The molecule has 0 bridgehead atoms. The Morgan fingerprint density at radius 2 is 2.30 bits per heavy atom. The highest BCUT2D eigenvalue weighted by Gasteiger charge is 2.30. The Bertz CT molecular complexity index is 124. The molecular weight excluding hydrogens is 124 g/mol. The molecule has 2 fully saturated rings. The number of hydrogen-bond acceptors (Lipinski definition) is 2. The quantitative estimate of drug-likeness (QED) is 0.520. The molecule has 2 aliphatic rings. The van der Waals surface area contributed by atoms with E-state index in [1.54, 1.807) is 0 Å². The normalized spacial score (nSPS) is 41.7. The fourth-order valence-corrected chi connectivity index (χ4v) is 2.19. The van der Waals surface area contributed by atoms with E-state index >= 15 is 0 Å². The maximum atomic E-state index is 3.55. The van der Waals surface area contributed by atoms with Crippen LogP contribution in [-0.4, -0.2) is 37.6 Å². The third-order valence-corrected chi connectivity index (χ3v) is 2.88. The summed E-state index contributed by atoms with van der Waals surface area (Å²) in [7, 11) is 2.22. The summed E-state index contributed by atoms with van der Waals surface area (Å²) in [5.74, 6) is 0.996. The fraction of sp³-hybridized carbons (Fsp3) is 1.00. The predicted octanol–water partition coefficient (Wildman–Crippen LogP) is 0.300. The SMILES string of the molecule is CN1CCC2CCN[C@@H]2C1. The van der Waals surface area contributed by atoms with Gasteiger partial charge in [0, 0.05) is 12.6 Å². The van der Waals surface area contributed by atoms with Crippen LogP contribution in [-0.2, 0) is 0 Å². The Kier molecular flexibility index (Phi) is 1.66. The highest BCUT2D eigenvalue weighted by Crippen LogP contribution is 2.23. The average molecular weight is 140 g/mol. The van der Waals surface area contributed by atoms with Gasteiger partial charge in [-0.3, -0.25) is 0 Å². The molecule has 2 aliphatic heterocycles. The molecule has 1 unspecified atom stereocenters. The van der Waals surface area contributed by atoms with E-state index in [0.717, 1.165) is 12.0 Å². The molecule has 2 atom stereocenters. The summed E-state index contributed by atoms with van der Waals surface area (Å²) in [6.07, 6.45) is 2.83. The lowest BCUT2D eigenvalue weighted by Crippen LogP contribution is -2.44. The number of nitrogens with one attached hydrogen (secondary N) is 1. The minimum absolute atomic E-state index is 0.818. The van der Waals surface area contributed by atoms with Crippen molar-refractivity contribution < 1.29 is 0 Å². The van der Waals surface area contributed by atoms with Crippen molar-refractivity contribution in [3.05, 3.63) is 0 Å². The largest absolute Gasteiger partial charge is 0.312 e. The summed E-state index contributed by atoms with van der Waals surface area (Å²) in [4.78, 5) is 2.43. The third kappa shape index (κ3) is 1.06. The van der Waals surface area contributed by atoms with Gasteiger partial charge in [-0.2, -0.15) is 0 Å². The van der Waals surface area contributed by atoms with Gasteiger partial charge in [-0.1, -0.05) is 0 Å². The van der Waals surface area contributed by atoms with E-state index < -0.39 is 0 Å². The summed E-state index contributed by atoms with van der Waals surface area (Å²) in [5, 5.41) is 3.55. The van der Waals surface area contributed by atoms with E-state index in [1.165, 1.54) is 32.5 Å². The molecule has 2 rings (SSSR count). The maximum absolute atomic E-state index is 3.55. The summed E-state index contributed by atoms with van der Waals surface area (Å²) in [6, 6.07) is 0.818. The minimum Gasteiger partial charge on any atom is -0.312 e. The number of likely N-dealkylation sites (tertiary alicyclic amines) is 1. The van der Waals surface area contributed by atoms with Gasteiger partial charge in [0.1, 0.15) is 0 Å². The Balaban J connectivity index is 1.96. The smallest absolute Gasteiger partial charge is 0.0224 e. The summed E-state index contributed by atoms with van der Waals surface area (Å²) in [5.41, 5.74) is 0. The minimum atomic E-state index is 0.818. The van der Waals surface area contributed by atoms with E-state index in [0.29, 0.717) is 0 Å². The molecule has 2 heterocycles. The lowest BCUT2D eigenvalue weighted by Gasteiger charge is -2.31. The van der Waals surface area contributed by atoms with Crippen LogP contribution >= 0.6 is 0 Å². The number of likely N-dealkylation sites (N-methyl/N-ethyl adjacent to an activating group) is 1. The van der Waals surface area contributed by atoms with Crippen molar-refractivity contribution >= 4 is 0 Å². The van der Waals surface area contributed by atoms with Crippen molar-refractivity contribution in [1.82, 2.24) is 10.2 Å². The van der Waals surface area contributed by atoms with E-state index in [-0.39, 0.29) is 0 Å². The van der Waals surface area contributed by atoms with Gasteiger partial charge < -0.3 is 10.2 Å². The van der Waals surface area contributed by atoms with Crippen molar-refractivity contribution in [1.29, 1.82) is 0 Å². The number of fused-ring (bicyclic) bond motifs is 1.